The summed E-state index contributed by atoms with van der Waals surface area (Å²) in [4.78, 5) is 13.5. The van der Waals surface area contributed by atoms with Crippen LogP contribution in [0.5, 0.6) is 0 Å². The summed E-state index contributed by atoms with van der Waals surface area (Å²) in [6, 6.07) is 4.47. The van der Waals surface area contributed by atoms with Crippen LogP contribution in [0.1, 0.15) is 44.0 Å². The third-order valence-corrected chi connectivity index (χ3v) is 4.61. The Morgan fingerprint density at radius 1 is 1.50 bits per heavy atom. The summed E-state index contributed by atoms with van der Waals surface area (Å²) >= 11 is 1.71. The molecule has 1 aromatic heterocycles. The number of carbonyl (C=O) groups excluding carboxylic acids is 1. The third-order valence-electron chi connectivity index (χ3n) is 3.66. The highest BCUT2D eigenvalue weighted by molar-refractivity contribution is 7.10. The van der Waals surface area contributed by atoms with Gasteiger partial charge in [-0.3, -0.25) is 4.79 Å². The molecule has 1 saturated carbocycles. The highest BCUT2D eigenvalue weighted by atomic mass is 32.1. The van der Waals surface area contributed by atoms with Gasteiger partial charge in [0.05, 0.1) is 6.04 Å². The van der Waals surface area contributed by atoms with E-state index in [2.05, 4.69) is 30.6 Å². The monoisotopic (exact) mass is 266 g/mol. The second kappa shape index (κ2) is 5.85. The predicted octanol–water partition coefficient (Wildman–Crippen LogP) is 2.69. The summed E-state index contributed by atoms with van der Waals surface area (Å²) in [6.45, 7) is 4.29. The standard InChI is InChI=1S/C14H22N2OS/c1-9(2)13(12-4-3-7-18-12)16-14(17)10-5-6-11(15)8-10/h3-4,7,9-11,13H,5-6,8,15H2,1-2H3,(H,16,17). The first-order valence-electron chi connectivity index (χ1n) is 6.67. The maximum Gasteiger partial charge on any atom is 0.223 e. The Kier molecular flexibility index (Phi) is 4.40. The van der Waals surface area contributed by atoms with E-state index in [-0.39, 0.29) is 23.9 Å². The number of hydrogen-bond acceptors (Lipinski definition) is 3. The van der Waals surface area contributed by atoms with Gasteiger partial charge in [-0.1, -0.05) is 19.9 Å². The minimum absolute atomic E-state index is 0.112. The number of rotatable bonds is 4. The van der Waals surface area contributed by atoms with Crippen molar-refractivity contribution in [2.24, 2.45) is 17.6 Å². The Bertz CT molecular complexity index is 389. The van der Waals surface area contributed by atoms with E-state index < -0.39 is 0 Å². The van der Waals surface area contributed by atoms with Gasteiger partial charge in [0, 0.05) is 16.8 Å². The molecular weight excluding hydrogens is 244 g/mol. The van der Waals surface area contributed by atoms with Crippen molar-refractivity contribution in [1.29, 1.82) is 0 Å². The second-order valence-electron chi connectivity index (χ2n) is 5.52. The van der Waals surface area contributed by atoms with Crippen LogP contribution in [0.3, 0.4) is 0 Å². The molecule has 1 heterocycles. The zero-order valence-electron chi connectivity index (χ0n) is 11.1. The van der Waals surface area contributed by atoms with Gasteiger partial charge >= 0.3 is 0 Å². The SMILES string of the molecule is CC(C)C(NC(=O)C1CCC(N)C1)c1cccs1. The zero-order chi connectivity index (χ0) is 13.1. The Balaban J connectivity index is 1.99. The molecular formula is C14H22N2OS. The van der Waals surface area contributed by atoms with Gasteiger partial charge in [-0.2, -0.15) is 0 Å². The minimum atomic E-state index is 0.112. The molecule has 1 fully saturated rings. The van der Waals surface area contributed by atoms with Crippen molar-refractivity contribution in [2.45, 2.75) is 45.2 Å². The van der Waals surface area contributed by atoms with Crippen molar-refractivity contribution < 1.29 is 4.79 Å². The molecule has 2 rings (SSSR count). The van der Waals surface area contributed by atoms with Crippen molar-refractivity contribution in [3.63, 3.8) is 0 Å². The fraction of sp³-hybridized carbons (Fsp3) is 0.643. The van der Waals surface area contributed by atoms with Crippen LogP contribution in [0.25, 0.3) is 0 Å². The fourth-order valence-electron chi connectivity index (χ4n) is 2.56. The maximum absolute atomic E-state index is 12.2. The lowest BCUT2D eigenvalue weighted by Crippen LogP contribution is -2.35. The van der Waals surface area contributed by atoms with Gasteiger partial charge in [-0.05, 0) is 36.6 Å². The van der Waals surface area contributed by atoms with Gasteiger partial charge in [0.25, 0.3) is 0 Å². The van der Waals surface area contributed by atoms with Gasteiger partial charge in [-0.25, -0.2) is 0 Å². The van der Waals surface area contributed by atoms with Gasteiger partial charge in [0.2, 0.25) is 5.91 Å². The lowest BCUT2D eigenvalue weighted by molar-refractivity contribution is -0.125. The average molecular weight is 266 g/mol. The van der Waals surface area contributed by atoms with Crippen LogP contribution in [0.15, 0.2) is 17.5 Å². The first kappa shape index (κ1) is 13.6. The normalized spacial score (nSPS) is 25.3. The van der Waals surface area contributed by atoms with Gasteiger partial charge in [-0.15, -0.1) is 11.3 Å². The number of amides is 1. The van der Waals surface area contributed by atoms with Crippen molar-refractivity contribution in [3.8, 4) is 0 Å². The van der Waals surface area contributed by atoms with Crippen LogP contribution in [0, 0.1) is 11.8 Å². The molecule has 100 valence electrons. The van der Waals surface area contributed by atoms with Gasteiger partial charge < -0.3 is 11.1 Å². The van der Waals surface area contributed by atoms with Gasteiger partial charge in [0.1, 0.15) is 0 Å². The van der Waals surface area contributed by atoms with E-state index in [1.807, 2.05) is 6.07 Å². The Morgan fingerprint density at radius 3 is 2.78 bits per heavy atom. The smallest absolute Gasteiger partial charge is 0.223 e. The second-order valence-corrected chi connectivity index (χ2v) is 6.50. The molecule has 3 unspecified atom stereocenters. The molecule has 0 radical (unpaired) electrons. The molecule has 0 bridgehead atoms. The quantitative estimate of drug-likeness (QED) is 0.880. The van der Waals surface area contributed by atoms with E-state index in [4.69, 9.17) is 5.73 Å². The molecule has 0 aromatic carbocycles. The third kappa shape index (κ3) is 3.12. The summed E-state index contributed by atoms with van der Waals surface area (Å²) in [5, 5.41) is 5.26. The molecule has 3 N–H and O–H groups in total. The largest absolute Gasteiger partial charge is 0.348 e. The Labute approximate surface area is 113 Å². The number of carbonyl (C=O) groups is 1. The van der Waals surface area contributed by atoms with Crippen molar-refractivity contribution in [3.05, 3.63) is 22.4 Å². The van der Waals surface area contributed by atoms with Crippen LogP contribution >= 0.6 is 11.3 Å². The number of nitrogens with two attached hydrogens (primary N) is 1. The first-order chi connectivity index (χ1) is 8.58. The van der Waals surface area contributed by atoms with Crippen LogP contribution in [0.2, 0.25) is 0 Å². The summed E-state index contributed by atoms with van der Waals surface area (Å²) in [7, 11) is 0. The lowest BCUT2D eigenvalue weighted by Gasteiger charge is -2.23. The summed E-state index contributed by atoms with van der Waals surface area (Å²) in [5.41, 5.74) is 5.87. The molecule has 1 aliphatic carbocycles. The molecule has 3 atom stereocenters. The van der Waals surface area contributed by atoms with E-state index in [0.717, 1.165) is 19.3 Å². The minimum Gasteiger partial charge on any atom is -0.348 e. The van der Waals surface area contributed by atoms with E-state index in [1.54, 1.807) is 11.3 Å². The van der Waals surface area contributed by atoms with E-state index in [0.29, 0.717) is 5.92 Å². The molecule has 1 aromatic rings. The summed E-state index contributed by atoms with van der Waals surface area (Å²) in [6.07, 6.45) is 2.74. The molecule has 0 aliphatic heterocycles. The van der Waals surface area contributed by atoms with Crippen molar-refractivity contribution in [1.82, 2.24) is 5.32 Å². The molecule has 1 amide bonds. The van der Waals surface area contributed by atoms with Crippen LogP contribution in [0.4, 0.5) is 0 Å². The Morgan fingerprint density at radius 2 is 2.28 bits per heavy atom. The average Bonchev–Trinajstić information content (AvgIpc) is 2.95. The molecule has 18 heavy (non-hydrogen) atoms. The highest BCUT2D eigenvalue weighted by Crippen LogP contribution is 2.29. The van der Waals surface area contributed by atoms with E-state index in [9.17, 15) is 4.79 Å². The number of hydrogen-bond donors (Lipinski definition) is 2. The zero-order valence-corrected chi connectivity index (χ0v) is 11.9. The van der Waals surface area contributed by atoms with Crippen molar-refractivity contribution in [2.75, 3.05) is 0 Å². The molecule has 1 aliphatic rings. The summed E-state index contributed by atoms with van der Waals surface area (Å²) < 4.78 is 0. The van der Waals surface area contributed by atoms with Crippen LogP contribution in [-0.4, -0.2) is 11.9 Å². The lowest BCUT2D eigenvalue weighted by atomic mass is 10.0. The first-order valence-corrected chi connectivity index (χ1v) is 7.55. The molecule has 4 heteroatoms. The van der Waals surface area contributed by atoms with E-state index >= 15 is 0 Å². The molecule has 0 saturated heterocycles. The molecule has 0 spiro atoms. The Hall–Kier alpha value is -0.870. The van der Waals surface area contributed by atoms with Crippen LogP contribution < -0.4 is 11.1 Å². The fourth-order valence-corrected chi connectivity index (χ4v) is 3.51. The summed E-state index contributed by atoms with van der Waals surface area (Å²) in [5.74, 6) is 0.693. The number of thiophene rings is 1. The van der Waals surface area contributed by atoms with Crippen LogP contribution in [-0.2, 0) is 4.79 Å². The van der Waals surface area contributed by atoms with E-state index in [1.165, 1.54) is 4.88 Å². The van der Waals surface area contributed by atoms with Crippen molar-refractivity contribution >= 4 is 17.2 Å². The topological polar surface area (TPSA) is 55.1 Å². The molecule has 3 nitrogen and oxygen atoms in total. The maximum atomic E-state index is 12.2. The van der Waals surface area contributed by atoms with Gasteiger partial charge in [0.15, 0.2) is 0 Å². The highest BCUT2D eigenvalue weighted by Gasteiger charge is 2.30. The predicted molar refractivity (Wildman–Crippen MR) is 75.4 cm³/mol. The number of nitrogens with one attached hydrogen (secondary N) is 1.